The van der Waals surface area contributed by atoms with Gasteiger partial charge in [0.15, 0.2) is 5.96 Å². The summed E-state index contributed by atoms with van der Waals surface area (Å²) in [6.07, 6.45) is 0. The largest absolute Gasteiger partial charge is 0.396 e. The zero-order valence-electron chi connectivity index (χ0n) is 9.13. The highest BCUT2D eigenvalue weighted by molar-refractivity contribution is 5.75. The molecule has 0 bridgehead atoms. The second-order valence-electron chi connectivity index (χ2n) is 4.25. The van der Waals surface area contributed by atoms with Crippen molar-refractivity contribution in [3.8, 4) is 0 Å². The van der Waals surface area contributed by atoms with Crippen molar-refractivity contribution in [2.75, 3.05) is 19.7 Å². The average molecular weight is 219 g/mol. The molecule has 0 spiro atoms. The molecule has 2 rings (SSSR count). The van der Waals surface area contributed by atoms with Crippen molar-refractivity contribution in [3.05, 3.63) is 35.9 Å². The molecular weight excluding hydrogens is 202 g/mol. The fraction of sp³-hybridized carbons (Fsp3) is 0.417. The second kappa shape index (κ2) is 4.53. The van der Waals surface area contributed by atoms with Crippen LogP contribution in [0, 0.1) is 11.3 Å². The van der Waals surface area contributed by atoms with E-state index in [2.05, 4.69) is 12.1 Å². The Kier molecular flexibility index (Phi) is 3.10. The Balaban J connectivity index is 2.18. The Morgan fingerprint density at radius 1 is 1.38 bits per heavy atom. The number of hydrogen-bond donors (Lipinski definition) is 3. The highest BCUT2D eigenvalue weighted by Crippen LogP contribution is 2.31. The molecule has 0 amide bonds. The fourth-order valence-electron chi connectivity index (χ4n) is 2.33. The van der Waals surface area contributed by atoms with Crippen molar-refractivity contribution in [2.24, 2.45) is 11.7 Å². The van der Waals surface area contributed by atoms with Gasteiger partial charge in [-0.05, 0) is 5.56 Å². The molecule has 0 aromatic heterocycles. The smallest absolute Gasteiger partial charge is 0.188 e. The number of nitrogens with two attached hydrogens (primary N) is 1. The number of nitrogens with zero attached hydrogens (tertiary/aromatic N) is 1. The molecule has 2 atom stereocenters. The van der Waals surface area contributed by atoms with Gasteiger partial charge in [0.1, 0.15) is 0 Å². The molecule has 0 radical (unpaired) electrons. The number of aliphatic hydroxyl groups is 1. The minimum Gasteiger partial charge on any atom is -0.396 e. The maximum Gasteiger partial charge on any atom is 0.188 e. The van der Waals surface area contributed by atoms with E-state index in [1.165, 1.54) is 5.56 Å². The standard InChI is InChI=1S/C12H17N3O/c13-12(14)15-6-10(8-16)11(7-15)9-4-2-1-3-5-9/h1-5,10-11,16H,6-8H2,(H3,13,14)/t10-,11+/m1/s1. The van der Waals surface area contributed by atoms with Gasteiger partial charge >= 0.3 is 0 Å². The summed E-state index contributed by atoms with van der Waals surface area (Å²) in [6.45, 7) is 1.54. The number of aliphatic hydroxyl groups excluding tert-OH is 1. The predicted molar refractivity (Wildman–Crippen MR) is 63.2 cm³/mol. The van der Waals surface area contributed by atoms with Crippen molar-refractivity contribution in [1.29, 1.82) is 5.41 Å². The van der Waals surface area contributed by atoms with Crippen LogP contribution in [-0.2, 0) is 0 Å². The quantitative estimate of drug-likeness (QED) is 0.503. The molecule has 86 valence electrons. The predicted octanol–water partition coefficient (Wildman–Crippen LogP) is 0.588. The summed E-state index contributed by atoms with van der Waals surface area (Å²) in [4.78, 5) is 1.82. The molecule has 1 heterocycles. The van der Waals surface area contributed by atoms with E-state index in [9.17, 15) is 5.11 Å². The molecule has 1 saturated heterocycles. The summed E-state index contributed by atoms with van der Waals surface area (Å²) in [5, 5.41) is 16.8. The van der Waals surface area contributed by atoms with Crippen LogP contribution in [-0.4, -0.2) is 35.7 Å². The van der Waals surface area contributed by atoms with E-state index >= 15 is 0 Å². The molecule has 0 saturated carbocycles. The van der Waals surface area contributed by atoms with Gasteiger partial charge in [0, 0.05) is 31.5 Å². The molecule has 4 N–H and O–H groups in total. The van der Waals surface area contributed by atoms with Crippen molar-refractivity contribution in [3.63, 3.8) is 0 Å². The number of hydrogen-bond acceptors (Lipinski definition) is 2. The lowest BCUT2D eigenvalue weighted by atomic mass is 9.90. The summed E-state index contributed by atoms with van der Waals surface area (Å²) >= 11 is 0. The van der Waals surface area contributed by atoms with Gasteiger partial charge in [0.05, 0.1) is 0 Å². The zero-order valence-corrected chi connectivity index (χ0v) is 9.13. The lowest BCUT2D eigenvalue weighted by molar-refractivity contribution is 0.222. The summed E-state index contributed by atoms with van der Waals surface area (Å²) in [5.41, 5.74) is 6.70. The van der Waals surface area contributed by atoms with E-state index in [1.807, 2.05) is 23.1 Å². The summed E-state index contributed by atoms with van der Waals surface area (Å²) in [7, 11) is 0. The third kappa shape index (κ3) is 2.02. The molecule has 4 nitrogen and oxygen atoms in total. The van der Waals surface area contributed by atoms with Crippen molar-refractivity contribution in [2.45, 2.75) is 5.92 Å². The first-order valence-corrected chi connectivity index (χ1v) is 5.47. The van der Waals surface area contributed by atoms with Crippen molar-refractivity contribution in [1.82, 2.24) is 4.90 Å². The lowest BCUT2D eigenvalue weighted by Crippen LogP contribution is -2.34. The number of likely N-dealkylation sites (tertiary alicyclic amines) is 1. The minimum absolute atomic E-state index is 0.0943. The van der Waals surface area contributed by atoms with Gasteiger partial charge in [-0.1, -0.05) is 30.3 Å². The number of rotatable bonds is 2. The molecule has 4 heteroatoms. The second-order valence-corrected chi connectivity index (χ2v) is 4.25. The van der Waals surface area contributed by atoms with E-state index < -0.39 is 0 Å². The Hall–Kier alpha value is -1.55. The number of guanidine groups is 1. The highest BCUT2D eigenvalue weighted by atomic mass is 16.3. The van der Waals surface area contributed by atoms with Crippen LogP contribution < -0.4 is 5.73 Å². The third-order valence-electron chi connectivity index (χ3n) is 3.24. The normalized spacial score (nSPS) is 24.7. The van der Waals surface area contributed by atoms with Gasteiger partial charge in [0.25, 0.3) is 0 Å². The van der Waals surface area contributed by atoms with E-state index in [0.717, 1.165) is 6.54 Å². The molecule has 1 aliphatic heterocycles. The summed E-state index contributed by atoms with van der Waals surface area (Å²) in [5.74, 6) is 0.540. The monoisotopic (exact) mass is 219 g/mol. The van der Waals surface area contributed by atoms with Crippen LogP contribution in [0.4, 0.5) is 0 Å². The van der Waals surface area contributed by atoms with Crippen molar-refractivity contribution < 1.29 is 5.11 Å². The van der Waals surface area contributed by atoms with Gasteiger partial charge in [-0.2, -0.15) is 0 Å². The van der Waals surface area contributed by atoms with Gasteiger partial charge in [-0.3, -0.25) is 5.41 Å². The Morgan fingerprint density at radius 2 is 2.06 bits per heavy atom. The lowest BCUT2D eigenvalue weighted by Gasteiger charge is -2.16. The van der Waals surface area contributed by atoms with Crippen LogP contribution in [0.1, 0.15) is 11.5 Å². The Morgan fingerprint density at radius 3 is 2.62 bits per heavy atom. The van der Waals surface area contributed by atoms with Gasteiger partial charge in [0.2, 0.25) is 0 Å². The van der Waals surface area contributed by atoms with Gasteiger partial charge < -0.3 is 15.7 Å². The van der Waals surface area contributed by atoms with E-state index in [-0.39, 0.29) is 24.4 Å². The van der Waals surface area contributed by atoms with E-state index in [1.54, 1.807) is 0 Å². The molecular formula is C12H17N3O. The van der Waals surface area contributed by atoms with Crippen LogP contribution in [0.25, 0.3) is 0 Å². The average Bonchev–Trinajstić information content (AvgIpc) is 2.74. The molecule has 16 heavy (non-hydrogen) atoms. The molecule has 1 aliphatic rings. The Labute approximate surface area is 95.2 Å². The SMILES string of the molecule is N=C(N)N1C[C@H](CO)[C@H](c2ccccc2)C1. The first kappa shape index (κ1) is 11.0. The maximum absolute atomic E-state index is 9.36. The van der Waals surface area contributed by atoms with Gasteiger partial charge in [-0.15, -0.1) is 0 Å². The molecule has 1 fully saturated rings. The number of benzene rings is 1. The van der Waals surface area contributed by atoms with Crippen molar-refractivity contribution >= 4 is 5.96 Å². The van der Waals surface area contributed by atoms with Crippen LogP contribution in [0.3, 0.4) is 0 Å². The zero-order chi connectivity index (χ0) is 11.5. The number of nitrogens with one attached hydrogen (secondary N) is 1. The fourth-order valence-corrected chi connectivity index (χ4v) is 2.33. The molecule has 1 aromatic rings. The first-order valence-electron chi connectivity index (χ1n) is 5.47. The van der Waals surface area contributed by atoms with E-state index in [4.69, 9.17) is 11.1 Å². The Bertz CT molecular complexity index is 366. The van der Waals surface area contributed by atoms with Crippen LogP contribution in [0.2, 0.25) is 0 Å². The highest BCUT2D eigenvalue weighted by Gasteiger charge is 2.33. The topological polar surface area (TPSA) is 73.3 Å². The summed E-state index contributed by atoms with van der Waals surface area (Å²) in [6, 6.07) is 10.1. The maximum atomic E-state index is 9.36. The first-order chi connectivity index (χ1) is 7.72. The van der Waals surface area contributed by atoms with Crippen LogP contribution in [0.15, 0.2) is 30.3 Å². The molecule has 1 aromatic carbocycles. The summed E-state index contributed by atoms with van der Waals surface area (Å²) < 4.78 is 0. The third-order valence-corrected chi connectivity index (χ3v) is 3.24. The van der Waals surface area contributed by atoms with Crippen LogP contribution in [0.5, 0.6) is 0 Å². The van der Waals surface area contributed by atoms with Crippen LogP contribution >= 0.6 is 0 Å². The molecule has 0 unspecified atom stereocenters. The van der Waals surface area contributed by atoms with Gasteiger partial charge in [-0.25, -0.2) is 0 Å². The van der Waals surface area contributed by atoms with E-state index in [0.29, 0.717) is 6.54 Å². The molecule has 0 aliphatic carbocycles. The minimum atomic E-state index is 0.0943.